The molecule has 0 bridgehead atoms. The van der Waals surface area contributed by atoms with E-state index in [0.29, 0.717) is 13.2 Å². The summed E-state index contributed by atoms with van der Waals surface area (Å²) in [6.07, 6.45) is 0. The van der Waals surface area contributed by atoms with Crippen LogP contribution < -0.4 is 10.1 Å². The maximum atomic E-state index is 11.9. The van der Waals surface area contributed by atoms with Crippen LogP contribution in [-0.4, -0.2) is 30.0 Å². The van der Waals surface area contributed by atoms with E-state index in [-0.39, 0.29) is 23.9 Å². The van der Waals surface area contributed by atoms with Crippen molar-refractivity contribution >= 4 is 11.9 Å². The zero-order chi connectivity index (χ0) is 12.7. The molecule has 1 aromatic rings. The predicted octanol–water partition coefficient (Wildman–Crippen LogP) is 1.31. The summed E-state index contributed by atoms with van der Waals surface area (Å²) in [6, 6.07) is 7.26. The monoisotopic (exact) mass is 246 g/mol. The molecule has 0 spiro atoms. The molecule has 3 rings (SSSR count). The summed E-state index contributed by atoms with van der Waals surface area (Å²) in [6.45, 7) is 2.71. The average Bonchev–Trinajstić information content (AvgIpc) is 2.78. The minimum absolute atomic E-state index is 0.100. The minimum atomic E-state index is -0.330. The van der Waals surface area contributed by atoms with Gasteiger partial charge >= 0.3 is 6.03 Å². The molecule has 1 fully saturated rings. The molecule has 2 aliphatic heterocycles. The van der Waals surface area contributed by atoms with Gasteiger partial charge in [-0.1, -0.05) is 25.1 Å². The average molecular weight is 246 g/mol. The molecule has 3 amide bonds. The van der Waals surface area contributed by atoms with Gasteiger partial charge in [-0.2, -0.15) is 0 Å². The quantitative estimate of drug-likeness (QED) is 0.812. The van der Waals surface area contributed by atoms with E-state index in [4.69, 9.17) is 4.74 Å². The molecule has 5 heteroatoms. The number of para-hydroxylation sites is 1. The SMILES string of the molecule is CC1CN(C2COc3ccccc32)C(=O)NC1=O. The number of ether oxygens (including phenoxy) is 1. The number of carbonyl (C=O) groups excluding carboxylic acids is 2. The third-order valence-electron chi connectivity index (χ3n) is 3.46. The van der Waals surface area contributed by atoms with Crippen LogP contribution in [0.2, 0.25) is 0 Å². The Balaban J connectivity index is 1.88. The Bertz CT molecular complexity index is 515. The Morgan fingerprint density at radius 2 is 2.11 bits per heavy atom. The lowest BCUT2D eigenvalue weighted by Crippen LogP contribution is -2.54. The molecule has 0 aliphatic carbocycles. The summed E-state index contributed by atoms with van der Waals surface area (Å²) in [4.78, 5) is 25.0. The van der Waals surface area contributed by atoms with Crippen molar-refractivity contribution in [3.63, 3.8) is 0 Å². The lowest BCUT2D eigenvalue weighted by atomic mass is 10.0. The maximum absolute atomic E-state index is 11.9. The Hall–Kier alpha value is -2.04. The smallest absolute Gasteiger partial charge is 0.324 e. The van der Waals surface area contributed by atoms with Crippen molar-refractivity contribution in [2.45, 2.75) is 13.0 Å². The van der Waals surface area contributed by atoms with E-state index >= 15 is 0 Å². The lowest BCUT2D eigenvalue weighted by Gasteiger charge is -2.34. The van der Waals surface area contributed by atoms with E-state index in [9.17, 15) is 9.59 Å². The molecule has 2 aliphatic rings. The third kappa shape index (κ3) is 1.63. The zero-order valence-corrected chi connectivity index (χ0v) is 10.1. The number of hydrogen-bond acceptors (Lipinski definition) is 3. The molecular weight excluding hydrogens is 232 g/mol. The summed E-state index contributed by atoms with van der Waals surface area (Å²) >= 11 is 0. The van der Waals surface area contributed by atoms with Gasteiger partial charge in [-0.05, 0) is 6.07 Å². The van der Waals surface area contributed by atoms with Crippen molar-refractivity contribution in [2.75, 3.05) is 13.2 Å². The van der Waals surface area contributed by atoms with Gasteiger partial charge in [0, 0.05) is 12.1 Å². The van der Waals surface area contributed by atoms with Crippen molar-refractivity contribution in [2.24, 2.45) is 5.92 Å². The van der Waals surface area contributed by atoms with Gasteiger partial charge in [-0.3, -0.25) is 10.1 Å². The van der Waals surface area contributed by atoms with Crippen molar-refractivity contribution < 1.29 is 14.3 Å². The minimum Gasteiger partial charge on any atom is -0.491 e. The van der Waals surface area contributed by atoms with Crippen molar-refractivity contribution in [1.29, 1.82) is 0 Å². The van der Waals surface area contributed by atoms with Crippen LogP contribution in [0.3, 0.4) is 0 Å². The number of urea groups is 1. The van der Waals surface area contributed by atoms with Gasteiger partial charge in [-0.15, -0.1) is 0 Å². The maximum Gasteiger partial charge on any atom is 0.324 e. The molecular formula is C13H14N2O3. The van der Waals surface area contributed by atoms with E-state index in [1.165, 1.54) is 0 Å². The topological polar surface area (TPSA) is 58.6 Å². The van der Waals surface area contributed by atoms with Crippen LogP contribution in [0.25, 0.3) is 0 Å². The first-order valence-electron chi connectivity index (χ1n) is 6.00. The van der Waals surface area contributed by atoms with Crippen LogP contribution in [-0.2, 0) is 4.79 Å². The molecule has 1 aromatic carbocycles. The molecule has 0 saturated carbocycles. The second-order valence-corrected chi connectivity index (χ2v) is 4.71. The molecule has 2 heterocycles. The summed E-state index contributed by atoms with van der Waals surface area (Å²) in [5, 5.41) is 2.38. The Morgan fingerprint density at radius 3 is 2.94 bits per heavy atom. The Labute approximate surface area is 105 Å². The number of rotatable bonds is 1. The number of hydrogen-bond donors (Lipinski definition) is 1. The molecule has 18 heavy (non-hydrogen) atoms. The fraction of sp³-hybridized carbons (Fsp3) is 0.385. The third-order valence-corrected chi connectivity index (χ3v) is 3.46. The van der Waals surface area contributed by atoms with Gasteiger partial charge in [0.2, 0.25) is 5.91 Å². The fourth-order valence-electron chi connectivity index (χ4n) is 2.43. The van der Waals surface area contributed by atoms with Gasteiger partial charge < -0.3 is 9.64 Å². The highest BCUT2D eigenvalue weighted by Crippen LogP contribution is 2.36. The number of imide groups is 1. The van der Waals surface area contributed by atoms with E-state index in [2.05, 4.69) is 5.32 Å². The van der Waals surface area contributed by atoms with Crippen molar-refractivity contribution in [1.82, 2.24) is 10.2 Å². The fourth-order valence-corrected chi connectivity index (χ4v) is 2.43. The standard InChI is InChI=1S/C13H14N2O3/c1-8-6-15(13(17)14-12(8)16)10-7-18-11-5-3-2-4-9(10)11/h2-5,8,10H,6-7H2,1H3,(H,14,16,17). The molecule has 5 nitrogen and oxygen atoms in total. The van der Waals surface area contributed by atoms with Crippen LogP contribution in [0.15, 0.2) is 24.3 Å². The summed E-state index contributed by atoms with van der Waals surface area (Å²) in [5.74, 6) is 0.429. The highest BCUT2D eigenvalue weighted by molar-refractivity contribution is 5.98. The summed E-state index contributed by atoms with van der Waals surface area (Å²) < 4.78 is 5.57. The zero-order valence-electron chi connectivity index (χ0n) is 10.1. The summed E-state index contributed by atoms with van der Waals surface area (Å²) in [7, 11) is 0. The number of nitrogens with one attached hydrogen (secondary N) is 1. The molecule has 0 aromatic heterocycles. The second kappa shape index (κ2) is 4.01. The predicted molar refractivity (Wildman–Crippen MR) is 64.1 cm³/mol. The van der Waals surface area contributed by atoms with Crippen LogP contribution in [0, 0.1) is 5.92 Å². The van der Waals surface area contributed by atoms with Crippen molar-refractivity contribution in [3.8, 4) is 5.75 Å². The number of nitrogens with zero attached hydrogens (tertiary/aromatic N) is 1. The van der Waals surface area contributed by atoms with Crippen LogP contribution in [0.4, 0.5) is 4.79 Å². The largest absolute Gasteiger partial charge is 0.491 e. The molecule has 1 saturated heterocycles. The van der Waals surface area contributed by atoms with Crippen molar-refractivity contribution in [3.05, 3.63) is 29.8 Å². The Morgan fingerprint density at radius 1 is 1.33 bits per heavy atom. The molecule has 2 unspecified atom stereocenters. The van der Waals surface area contributed by atoms with Gasteiger partial charge in [0.15, 0.2) is 0 Å². The van der Waals surface area contributed by atoms with Crippen LogP contribution in [0.5, 0.6) is 5.75 Å². The first kappa shape index (κ1) is 11.1. The first-order valence-corrected chi connectivity index (χ1v) is 6.00. The summed E-state index contributed by atoms with van der Waals surface area (Å²) in [5.41, 5.74) is 1.01. The van der Waals surface area contributed by atoms with E-state index < -0.39 is 0 Å². The lowest BCUT2D eigenvalue weighted by molar-refractivity contribution is -0.125. The normalized spacial score (nSPS) is 26.6. The van der Waals surface area contributed by atoms with Gasteiger partial charge in [0.1, 0.15) is 12.4 Å². The number of fused-ring (bicyclic) bond motifs is 1. The number of carbonyl (C=O) groups is 2. The number of benzene rings is 1. The van der Waals surface area contributed by atoms with Crippen LogP contribution >= 0.6 is 0 Å². The molecule has 1 N–H and O–H groups in total. The molecule has 2 atom stereocenters. The highest BCUT2D eigenvalue weighted by Gasteiger charge is 2.38. The first-order chi connectivity index (χ1) is 8.66. The number of amides is 3. The Kier molecular flexibility index (Phi) is 2.47. The van der Waals surface area contributed by atoms with E-state index in [1.807, 2.05) is 31.2 Å². The van der Waals surface area contributed by atoms with E-state index in [1.54, 1.807) is 4.90 Å². The molecule has 94 valence electrons. The highest BCUT2D eigenvalue weighted by atomic mass is 16.5. The van der Waals surface area contributed by atoms with Gasteiger partial charge in [-0.25, -0.2) is 4.79 Å². The van der Waals surface area contributed by atoms with Crippen LogP contribution in [0.1, 0.15) is 18.5 Å². The molecule has 0 radical (unpaired) electrons. The van der Waals surface area contributed by atoms with E-state index in [0.717, 1.165) is 11.3 Å². The van der Waals surface area contributed by atoms with Gasteiger partial charge in [0.25, 0.3) is 0 Å². The van der Waals surface area contributed by atoms with Gasteiger partial charge in [0.05, 0.1) is 12.0 Å². The second-order valence-electron chi connectivity index (χ2n) is 4.71.